The number of rotatable bonds is 6. The summed E-state index contributed by atoms with van der Waals surface area (Å²) in [6, 6.07) is 4.60. The summed E-state index contributed by atoms with van der Waals surface area (Å²) >= 11 is 0. The Kier molecular flexibility index (Phi) is 5.49. The molecule has 10 nitrogen and oxygen atoms in total. The third-order valence-electron chi connectivity index (χ3n) is 6.25. The molecule has 0 aromatic carbocycles. The van der Waals surface area contributed by atoms with Gasteiger partial charge in [0.2, 0.25) is 0 Å². The zero-order valence-electron chi connectivity index (χ0n) is 18.2. The number of amides is 1. The highest BCUT2D eigenvalue weighted by atomic mass is 19.1. The Balaban J connectivity index is 1.46. The van der Waals surface area contributed by atoms with Crippen molar-refractivity contribution in [2.24, 2.45) is 0 Å². The number of halogens is 1. The molecule has 2 fully saturated rings. The highest BCUT2D eigenvalue weighted by molar-refractivity contribution is 6.00. The number of carbonyl (C=O) groups is 1. The number of aliphatic hydroxyl groups excluding tert-OH is 1. The van der Waals surface area contributed by atoms with Gasteiger partial charge < -0.3 is 25.6 Å². The molecular weight excluding hydrogens is 429 g/mol. The number of aromatic nitrogens is 4. The van der Waals surface area contributed by atoms with E-state index in [4.69, 9.17) is 0 Å². The second-order valence-electron chi connectivity index (χ2n) is 8.64. The molecule has 0 saturated heterocycles. The van der Waals surface area contributed by atoms with Gasteiger partial charge in [0.25, 0.3) is 11.5 Å². The maximum absolute atomic E-state index is 13.2. The first-order valence-electron chi connectivity index (χ1n) is 11.1. The van der Waals surface area contributed by atoms with Crippen molar-refractivity contribution in [3.05, 3.63) is 46.5 Å². The number of hydrogen-bond donors (Lipinski definition) is 4. The Labute approximate surface area is 188 Å². The molecule has 3 aromatic heterocycles. The zero-order valence-corrected chi connectivity index (χ0v) is 18.2. The molecule has 3 aromatic rings. The molecule has 0 bridgehead atoms. The third kappa shape index (κ3) is 4.15. The van der Waals surface area contributed by atoms with Crippen LogP contribution in [0, 0.1) is 0 Å². The smallest absolute Gasteiger partial charge is 0.274 e. The summed E-state index contributed by atoms with van der Waals surface area (Å²) < 4.78 is 16.4. The lowest BCUT2D eigenvalue weighted by molar-refractivity contribution is 0.0948. The van der Waals surface area contributed by atoms with E-state index in [0.717, 1.165) is 19.3 Å². The molecule has 3 heterocycles. The summed E-state index contributed by atoms with van der Waals surface area (Å²) in [5.41, 5.74) is 0.624. The zero-order chi connectivity index (χ0) is 23.1. The van der Waals surface area contributed by atoms with Crippen LogP contribution >= 0.6 is 0 Å². The molecule has 0 spiro atoms. The molecule has 5 rings (SSSR count). The van der Waals surface area contributed by atoms with Crippen LogP contribution in [0.2, 0.25) is 0 Å². The quantitative estimate of drug-likeness (QED) is 0.448. The average Bonchev–Trinajstić information content (AvgIpc) is 3.31. The molecular formula is C22H26FN7O3. The van der Waals surface area contributed by atoms with Gasteiger partial charge >= 0.3 is 0 Å². The Bertz CT molecular complexity index is 1260. The number of anilines is 3. The number of pyridine rings is 1. The molecule has 2 aliphatic rings. The van der Waals surface area contributed by atoms with Crippen LogP contribution in [-0.2, 0) is 0 Å². The van der Waals surface area contributed by atoms with Crippen LogP contribution in [-0.4, -0.2) is 55.5 Å². The predicted octanol–water partition coefficient (Wildman–Crippen LogP) is 1.99. The van der Waals surface area contributed by atoms with Crippen molar-refractivity contribution >= 4 is 28.9 Å². The number of nitrogens with zero attached hydrogens (tertiary/aromatic N) is 4. The monoisotopic (exact) mass is 455 g/mol. The van der Waals surface area contributed by atoms with Crippen molar-refractivity contribution in [2.45, 2.75) is 56.5 Å². The number of nitrogens with one attached hydrogen (secondary N) is 3. The standard InChI is InChI=1S/C22H26FN7O3/c1-24-19-10-18(28-20-14(11-25-30(19)20)21(32)27-17-9-15(17)23)26-16-6-3-7-29(22(16)33)12-4-2-5-13(31)8-12/h3,6-7,10-13,15,17,24,31H,2,4-5,8-9H2,1H3,(H,26,28)(H,27,32)/t12-,13-,15-,17+/m0/s1. The van der Waals surface area contributed by atoms with Gasteiger partial charge in [-0.05, 0) is 37.8 Å². The lowest BCUT2D eigenvalue weighted by Gasteiger charge is -2.27. The fourth-order valence-electron chi connectivity index (χ4n) is 4.35. The van der Waals surface area contributed by atoms with Crippen LogP contribution in [0.25, 0.3) is 5.65 Å². The minimum atomic E-state index is -1.01. The average molecular weight is 455 g/mol. The fourth-order valence-corrected chi connectivity index (χ4v) is 4.35. The lowest BCUT2D eigenvalue weighted by Crippen LogP contribution is -2.30. The summed E-state index contributed by atoms with van der Waals surface area (Å²) in [6.45, 7) is 0. The molecule has 174 valence electrons. The van der Waals surface area contributed by atoms with E-state index in [2.05, 4.69) is 26.0 Å². The molecule has 4 N–H and O–H groups in total. The second-order valence-corrected chi connectivity index (χ2v) is 8.64. The Hall–Kier alpha value is -3.47. The Morgan fingerprint density at radius 2 is 2.12 bits per heavy atom. The van der Waals surface area contributed by atoms with Crippen LogP contribution in [0.15, 0.2) is 35.4 Å². The molecule has 0 unspecified atom stereocenters. The van der Waals surface area contributed by atoms with Crippen LogP contribution in [0.5, 0.6) is 0 Å². The van der Waals surface area contributed by atoms with Crippen molar-refractivity contribution < 1.29 is 14.3 Å². The SMILES string of the molecule is CNc1cc(Nc2cccn([C@H]3CCC[C@H](O)C3)c2=O)nc2c(C(=O)N[C@@H]3C[C@@H]3F)cnn12. The summed E-state index contributed by atoms with van der Waals surface area (Å²) in [5.74, 6) is 0.470. The Morgan fingerprint density at radius 1 is 1.30 bits per heavy atom. The molecule has 0 radical (unpaired) electrons. The van der Waals surface area contributed by atoms with E-state index in [9.17, 15) is 19.1 Å². The van der Waals surface area contributed by atoms with Gasteiger partial charge in [-0.15, -0.1) is 0 Å². The summed E-state index contributed by atoms with van der Waals surface area (Å²) in [6.07, 6.45) is 5.04. The minimum absolute atomic E-state index is 0.0572. The maximum atomic E-state index is 13.2. The third-order valence-corrected chi connectivity index (χ3v) is 6.25. The molecule has 2 saturated carbocycles. The van der Waals surface area contributed by atoms with Gasteiger partial charge in [-0.2, -0.15) is 9.61 Å². The molecule has 11 heteroatoms. The first-order valence-corrected chi connectivity index (χ1v) is 11.1. The highest BCUT2D eigenvalue weighted by Gasteiger charge is 2.39. The van der Waals surface area contributed by atoms with Crippen LogP contribution in [0.3, 0.4) is 0 Å². The van der Waals surface area contributed by atoms with Gasteiger partial charge in [-0.25, -0.2) is 9.37 Å². The molecule has 1 amide bonds. The molecule has 4 atom stereocenters. The topological polar surface area (TPSA) is 126 Å². The van der Waals surface area contributed by atoms with Crippen molar-refractivity contribution in [3.63, 3.8) is 0 Å². The van der Waals surface area contributed by atoms with E-state index in [0.29, 0.717) is 30.2 Å². The van der Waals surface area contributed by atoms with Crippen molar-refractivity contribution in [1.29, 1.82) is 0 Å². The van der Waals surface area contributed by atoms with E-state index < -0.39 is 24.2 Å². The number of fused-ring (bicyclic) bond motifs is 1. The van der Waals surface area contributed by atoms with Gasteiger partial charge in [-0.1, -0.05) is 0 Å². The van der Waals surface area contributed by atoms with Crippen LogP contribution < -0.4 is 21.5 Å². The van der Waals surface area contributed by atoms with Gasteiger partial charge in [0.1, 0.15) is 29.1 Å². The Morgan fingerprint density at radius 3 is 2.85 bits per heavy atom. The first kappa shape index (κ1) is 21.4. The normalized spacial score (nSPS) is 24.5. The van der Waals surface area contributed by atoms with Crippen molar-refractivity contribution in [3.8, 4) is 0 Å². The minimum Gasteiger partial charge on any atom is -0.393 e. The number of alkyl halides is 1. The van der Waals surface area contributed by atoms with E-state index in [-0.39, 0.29) is 22.8 Å². The number of aliphatic hydroxyl groups is 1. The van der Waals surface area contributed by atoms with Gasteiger partial charge in [0.15, 0.2) is 5.65 Å². The van der Waals surface area contributed by atoms with E-state index in [1.54, 1.807) is 36.0 Å². The molecule has 33 heavy (non-hydrogen) atoms. The summed E-state index contributed by atoms with van der Waals surface area (Å²) in [4.78, 5) is 30.2. The van der Waals surface area contributed by atoms with Crippen LogP contribution in [0.1, 0.15) is 48.5 Å². The van der Waals surface area contributed by atoms with E-state index >= 15 is 0 Å². The van der Waals surface area contributed by atoms with Gasteiger partial charge in [0, 0.05) is 31.8 Å². The number of hydrogen-bond acceptors (Lipinski definition) is 7. The van der Waals surface area contributed by atoms with Crippen molar-refractivity contribution in [1.82, 2.24) is 24.5 Å². The van der Waals surface area contributed by atoms with E-state index in [1.807, 2.05) is 0 Å². The highest BCUT2D eigenvalue weighted by Crippen LogP contribution is 2.28. The first-order chi connectivity index (χ1) is 15.9. The van der Waals surface area contributed by atoms with Crippen LogP contribution in [0.4, 0.5) is 21.7 Å². The van der Waals surface area contributed by atoms with E-state index in [1.165, 1.54) is 10.7 Å². The van der Waals surface area contributed by atoms with Crippen molar-refractivity contribution in [2.75, 3.05) is 17.7 Å². The molecule has 0 aliphatic heterocycles. The van der Waals surface area contributed by atoms with Gasteiger partial charge in [-0.3, -0.25) is 9.59 Å². The molecule has 2 aliphatic carbocycles. The lowest BCUT2D eigenvalue weighted by atomic mass is 9.93. The largest absolute Gasteiger partial charge is 0.393 e. The fraction of sp³-hybridized carbons (Fsp3) is 0.455. The number of carbonyl (C=O) groups excluding carboxylic acids is 1. The maximum Gasteiger partial charge on any atom is 0.274 e. The predicted molar refractivity (Wildman–Crippen MR) is 121 cm³/mol. The summed E-state index contributed by atoms with van der Waals surface area (Å²) in [5, 5.41) is 22.9. The summed E-state index contributed by atoms with van der Waals surface area (Å²) in [7, 11) is 1.71. The second kappa shape index (κ2) is 8.47. The van der Waals surface area contributed by atoms with Gasteiger partial charge in [0.05, 0.1) is 18.3 Å².